The third-order valence-corrected chi connectivity index (χ3v) is 5.03. The van der Waals surface area contributed by atoms with Gasteiger partial charge in [0, 0.05) is 10.9 Å². The Hall–Kier alpha value is -2.12. The van der Waals surface area contributed by atoms with Crippen LogP contribution in [0.25, 0.3) is 10.9 Å². The molecule has 3 rings (SSSR count). The summed E-state index contributed by atoms with van der Waals surface area (Å²) in [4.78, 5) is 21.8. The fraction of sp³-hybridized carbons (Fsp3) is 0.571. The molecule has 0 saturated carbocycles. The molecule has 8 heteroatoms. The number of methoxy groups -OCH3 is 1. The molecule has 1 aliphatic rings. The smallest absolute Gasteiger partial charge is 0.342 e. The van der Waals surface area contributed by atoms with E-state index in [9.17, 15) is 4.79 Å². The second kappa shape index (κ2) is 8.71. The minimum atomic E-state index is -0.633. The molecule has 1 aliphatic heterocycles. The van der Waals surface area contributed by atoms with E-state index in [2.05, 4.69) is 15.3 Å². The second-order valence-corrected chi connectivity index (χ2v) is 8.38. The molecule has 2 aromatic rings. The predicted octanol–water partition coefficient (Wildman–Crippen LogP) is 4.11. The molecule has 1 aromatic heterocycles. The SMILES string of the molecule is CCOc1nc(Cl)c2c(C3CCNCC3)c(OC)c(C(=O)OC(C)(C)C)cc2n1. The van der Waals surface area contributed by atoms with Crippen molar-refractivity contribution in [2.45, 2.75) is 52.1 Å². The van der Waals surface area contributed by atoms with E-state index in [1.165, 1.54) is 0 Å². The van der Waals surface area contributed by atoms with Gasteiger partial charge < -0.3 is 19.5 Å². The summed E-state index contributed by atoms with van der Waals surface area (Å²) in [6.45, 7) is 9.51. The van der Waals surface area contributed by atoms with Gasteiger partial charge in [-0.2, -0.15) is 9.97 Å². The molecule has 0 spiro atoms. The van der Waals surface area contributed by atoms with Crippen molar-refractivity contribution < 1.29 is 19.0 Å². The lowest BCUT2D eigenvalue weighted by Crippen LogP contribution is -2.28. The van der Waals surface area contributed by atoms with Crippen LogP contribution in [0.2, 0.25) is 5.15 Å². The minimum absolute atomic E-state index is 0.162. The Morgan fingerprint density at radius 3 is 2.55 bits per heavy atom. The summed E-state index contributed by atoms with van der Waals surface area (Å²) in [7, 11) is 1.56. The van der Waals surface area contributed by atoms with E-state index < -0.39 is 11.6 Å². The maximum Gasteiger partial charge on any atom is 0.342 e. The summed E-state index contributed by atoms with van der Waals surface area (Å²) in [6, 6.07) is 1.84. The van der Waals surface area contributed by atoms with Gasteiger partial charge in [-0.1, -0.05) is 11.6 Å². The molecular formula is C21H28ClN3O4. The van der Waals surface area contributed by atoms with Crippen molar-refractivity contribution in [1.29, 1.82) is 0 Å². The molecule has 7 nitrogen and oxygen atoms in total. The molecule has 2 heterocycles. The number of aromatic nitrogens is 2. The highest BCUT2D eigenvalue weighted by atomic mass is 35.5. The number of fused-ring (bicyclic) bond motifs is 1. The van der Waals surface area contributed by atoms with Crippen LogP contribution >= 0.6 is 11.6 Å². The van der Waals surface area contributed by atoms with Gasteiger partial charge in [0.25, 0.3) is 0 Å². The van der Waals surface area contributed by atoms with Gasteiger partial charge in [-0.25, -0.2) is 4.79 Å². The predicted molar refractivity (Wildman–Crippen MR) is 112 cm³/mol. The molecule has 0 radical (unpaired) electrons. The number of hydrogen-bond acceptors (Lipinski definition) is 7. The van der Waals surface area contributed by atoms with E-state index in [0.29, 0.717) is 34.0 Å². The average Bonchev–Trinajstić information content (AvgIpc) is 2.66. The lowest BCUT2D eigenvalue weighted by atomic mass is 9.86. The number of piperidine rings is 1. The van der Waals surface area contributed by atoms with Gasteiger partial charge in [-0.15, -0.1) is 0 Å². The molecule has 158 valence electrons. The Balaban J connectivity index is 2.28. The molecule has 1 aromatic carbocycles. The topological polar surface area (TPSA) is 82.6 Å². The lowest BCUT2D eigenvalue weighted by Gasteiger charge is -2.28. The summed E-state index contributed by atoms with van der Waals surface area (Å²) in [5, 5.41) is 4.36. The third kappa shape index (κ3) is 4.73. The minimum Gasteiger partial charge on any atom is -0.496 e. The van der Waals surface area contributed by atoms with Crippen LogP contribution < -0.4 is 14.8 Å². The van der Waals surface area contributed by atoms with Crippen LogP contribution in [-0.2, 0) is 4.74 Å². The molecule has 0 atom stereocenters. The molecule has 1 fully saturated rings. The Kier molecular flexibility index (Phi) is 6.49. The van der Waals surface area contributed by atoms with Crippen molar-refractivity contribution in [2.75, 3.05) is 26.8 Å². The standard InChI is InChI=1S/C21H28ClN3O4/c1-6-28-20-24-14-11-13(19(26)29-21(2,3)4)17(27-5)15(16(14)18(22)25-20)12-7-9-23-10-8-12/h11-12,23H,6-10H2,1-5H3. The van der Waals surface area contributed by atoms with Crippen molar-refractivity contribution in [2.24, 2.45) is 0 Å². The van der Waals surface area contributed by atoms with E-state index in [1.807, 2.05) is 27.7 Å². The van der Waals surface area contributed by atoms with Crippen LogP contribution in [-0.4, -0.2) is 48.3 Å². The number of rotatable bonds is 5. The third-order valence-electron chi connectivity index (χ3n) is 4.76. The van der Waals surface area contributed by atoms with Crippen molar-refractivity contribution in [3.63, 3.8) is 0 Å². The summed E-state index contributed by atoms with van der Waals surface area (Å²) < 4.78 is 16.8. The first kappa shape index (κ1) is 21.6. The van der Waals surface area contributed by atoms with Gasteiger partial charge in [0.05, 0.1) is 19.2 Å². The number of nitrogens with zero attached hydrogens (tertiary/aromatic N) is 2. The van der Waals surface area contributed by atoms with Crippen LogP contribution in [0.3, 0.4) is 0 Å². The first-order valence-corrected chi connectivity index (χ1v) is 10.3. The monoisotopic (exact) mass is 421 g/mol. The number of esters is 1. The first-order chi connectivity index (χ1) is 13.7. The number of carbonyl (C=O) groups is 1. The molecule has 0 unspecified atom stereocenters. The van der Waals surface area contributed by atoms with Gasteiger partial charge in [-0.3, -0.25) is 0 Å². The molecule has 0 bridgehead atoms. The van der Waals surface area contributed by atoms with E-state index in [4.69, 9.17) is 25.8 Å². The molecular weight excluding hydrogens is 394 g/mol. The molecule has 1 saturated heterocycles. The van der Waals surface area contributed by atoms with Crippen LogP contribution in [0.15, 0.2) is 6.07 Å². The zero-order valence-corrected chi connectivity index (χ0v) is 18.4. The Bertz CT molecular complexity index is 905. The molecule has 29 heavy (non-hydrogen) atoms. The van der Waals surface area contributed by atoms with E-state index in [-0.39, 0.29) is 11.9 Å². The normalized spacial score (nSPS) is 15.4. The van der Waals surface area contributed by atoms with Crippen LogP contribution in [0.1, 0.15) is 62.4 Å². The molecule has 0 amide bonds. The van der Waals surface area contributed by atoms with Crippen molar-refractivity contribution in [1.82, 2.24) is 15.3 Å². The van der Waals surface area contributed by atoms with Crippen LogP contribution in [0, 0.1) is 0 Å². The lowest BCUT2D eigenvalue weighted by molar-refractivity contribution is 0.00664. The Morgan fingerprint density at radius 2 is 1.97 bits per heavy atom. The quantitative estimate of drug-likeness (QED) is 0.574. The van der Waals surface area contributed by atoms with Crippen LogP contribution in [0.5, 0.6) is 11.8 Å². The van der Waals surface area contributed by atoms with Gasteiger partial charge in [0.15, 0.2) is 0 Å². The van der Waals surface area contributed by atoms with Gasteiger partial charge in [-0.05, 0) is 65.6 Å². The maximum atomic E-state index is 13.0. The van der Waals surface area contributed by atoms with Crippen molar-refractivity contribution in [3.8, 4) is 11.8 Å². The zero-order valence-electron chi connectivity index (χ0n) is 17.6. The highest BCUT2D eigenvalue weighted by Crippen LogP contribution is 2.43. The largest absolute Gasteiger partial charge is 0.496 e. The summed E-state index contributed by atoms with van der Waals surface area (Å²) in [6.07, 6.45) is 1.79. The highest BCUT2D eigenvalue weighted by Gasteiger charge is 2.30. The highest BCUT2D eigenvalue weighted by molar-refractivity contribution is 6.34. The molecule has 0 aliphatic carbocycles. The Morgan fingerprint density at radius 1 is 1.28 bits per heavy atom. The average molecular weight is 422 g/mol. The number of ether oxygens (including phenoxy) is 3. The number of carbonyl (C=O) groups excluding carboxylic acids is 1. The van der Waals surface area contributed by atoms with Crippen molar-refractivity contribution in [3.05, 3.63) is 22.3 Å². The first-order valence-electron chi connectivity index (χ1n) is 9.90. The van der Waals surface area contributed by atoms with Gasteiger partial charge in [0.2, 0.25) is 0 Å². The number of benzene rings is 1. The number of nitrogens with one attached hydrogen (secondary N) is 1. The van der Waals surface area contributed by atoms with Crippen LogP contribution in [0.4, 0.5) is 0 Å². The fourth-order valence-corrected chi connectivity index (χ4v) is 3.91. The Labute approximate surface area is 176 Å². The summed E-state index contributed by atoms with van der Waals surface area (Å²) in [5.41, 5.74) is 1.11. The van der Waals surface area contributed by atoms with Gasteiger partial charge >= 0.3 is 12.0 Å². The maximum absolute atomic E-state index is 13.0. The van der Waals surface area contributed by atoms with Crippen molar-refractivity contribution >= 4 is 28.5 Å². The number of hydrogen-bond donors (Lipinski definition) is 1. The van der Waals surface area contributed by atoms with E-state index in [0.717, 1.165) is 31.5 Å². The zero-order chi connectivity index (χ0) is 21.2. The second-order valence-electron chi connectivity index (χ2n) is 8.02. The van der Waals surface area contributed by atoms with E-state index in [1.54, 1.807) is 13.2 Å². The summed E-state index contributed by atoms with van der Waals surface area (Å²) >= 11 is 6.57. The number of halogens is 1. The fourth-order valence-electron chi connectivity index (χ4n) is 3.64. The molecule has 1 N–H and O–H groups in total. The summed E-state index contributed by atoms with van der Waals surface area (Å²) in [5.74, 6) is 0.183. The van der Waals surface area contributed by atoms with Gasteiger partial charge in [0.1, 0.15) is 22.1 Å². The van der Waals surface area contributed by atoms with E-state index >= 15 is 0 Å².